The largest absolute Gasteiger partial charge is 0.484 e. The van der Waals surface area contributed by atoms with Gasteiger partial charge in [0.2, 0.25) is 5.82 Å². The minimum Gasteiger partial charge on any atom is -0.484 e. The van der Waals surface area contributed by atoms with Gasteiger partial charge < -0.3 is 15.0 Å². The molecule has 0 radical (unpaired) electrons. The molecule has 28 heavy (non-hydrogen) atoms. The Hall–Kier alpha value is -3.65. The van der Waals surface area contributed by atoms with E-state index in [1.54, 1.807) is 36.4 Å². The number of benzene rings is 2. The van der Waals surface area contributed by atoms with Gasteiger partial charge in [0.1, 0.15) is 11.4 Å². The summed E-state index contributed by atoms with van der Waals surface area (Å²) < 4.78 is 10.6. The zero-order valence-electron chi connectivity index (χ0n) is 14.4. The van der Waals surface area contributed by atoms with Crippen LogP contribution < -0.4 is 10.5 Å². The number of carbonyl (C=O) groups excluding carboxylic acids is 1. The van der Waals surface area contributed by atoms with Crippen molar-refractivity contribution in [3.63, 3.8) is 0 Å². The van der Waals surface area contributed by atoms with Gasteiger partial charge in [-0.3, -0.25) is 9.89 Å². The fourth-order valence-corrected chi connectivity index (χ4v) is 2.63. The van der Waals surface area contributed by atoms with Crippen LogP contribution in [-0.4, -0.2) is 32.9 Å². The van der Waals surface area contributed by atoms with Gasteiger partial charge in [-0.2, -0.15) is 10.1 Å². The number of hydrogen-bond donors (Lipinski definition) is 2. The van der Waals surface area contributed by atoms with Crippen LogP contribution in [0.15, 0.2) is 59.1 Å². The molecule has 4 aromatic rings. The first-order chi connectivity index (χ1) is 13.6. The van der Waals surface area contributed by atoms with Crippen molar-refractivity contribution in [1.82, 2.24) is 20.3 Å². The van der Waals surface area contributed by atoms with E-state index in [9.17, 15) is 4.79 Å². The molecule has 2 aromatic heterocycles. The summed E-state index contributed by atoms with van der Waals surface area (Å²) in [5, 5.41) is 11.8. The van der Waals surface area contributed by atoms with Crippen molar-refractivity contribution in [3.05, 3.63) is 59.6 Å². The van der Waals surface area contributed by atoms with Gasteiger partial charge in [0.15, 0.2) is 6.61 Å². The Labute approximate surface area is 164 Å². The minimum atomic E-state index is -0.538. The number of amides is 1. The third-order valence-corrected chi connectivity index (χ3v) is 4.12. The van der Waals surface area contributed by atoms with Crippen molar-refractivity contribution in [2.75, 3.05) is 6.61 Å². The Bertz CT molecular complexity index is 1100. The summed E-state index contributed by atoms with van der Waals surface area (Å²) in [6, 6.07) is 16.1. The van der Waals surface area contributed by atoms with Gasteiger partial charge >= 0.3 is 0 Å². The van der Waals surface area contributed by atoms with Crippen LogP contribution in [0.4, 0.5) is 0 Å². The zero-order chi connectivity index (χ0) is 19.5. The van der Waals surface area contributed by atoms with Crippen LogP contribution in [-0.2, 0) is 4.79 Å². The quantitative estimate of drug-likeness (QED) is 0.516. The average molecular weight is 396 g/mol. The maximum Gasteiger partial charge on any atom is 0.276 e. The second-order valence-electron chi connectivity index (χ2n) is 5.88. The number of nitrogens with one attached hydrogen (secondary N) is 1. The molecule has 1 amide bonds. The minimum absolute atomic E-state index is 0.179. The Morgan fingerprint density at radius 1 is 1.11 bits per heavy atom. The van der Waals surface area contributed by atoms with Crippen molar-refractivity contribution < 1.29 is 14.1 Å². The van der Waals surface area contributed by atoms with E-state index in [0.29, 0.717) is 28.2 Å². The lowest BCUT2D eigenvalue weighted by molar-refractivity contribution is -0.119. The van der Waals surface area contributed by atoms with Gasteiger partial charge in [-0.05, 0) is 42.5 Å². The lowest BCUT2D eigenvalue weighted by Gasteiger charge is -2.03. The van der Waals surface area contributed by atoms with Crippen LogP contribution in [0.3, 0.4) is 0 Å². The molecule has 0 unspecified atom stereocenters. The van der Waals surface area contributed by atoms with Crippen molar-refractivity contribution >= 4 is 17.5 Å². The van der Waals surface area contributed by atoms with E-state index in [4.69, 9.17) is 26.6 Å². The molecule has 9 heteroatoms. The fourth-order valence-electron chi connectivity index (χ4n) is 2.50. The Kier molecular flexibility index (Phi) is 4.77. The average Bonchev–Trinajstić information content (AvgIpc) is 3.37. The third-order valence-electron chi connectivity index (χ3n) is 3.87. The molecule has 0 saturated heterocycles. The van der Waals surface area contributed by atoms with Gasteiger partial charge in [0.05, 0.1) is 5.69 Å². The predicted molar refractivity (Wildman–Crippen MR) is 102 cm³/mol. The van der Waals surface area contributed by atoms with Gasteiger partial charge in [0.25, 0.3) is 11.8 Å². The van der Waals surface area contributed by atoms with E-state index in [1.807, 2.05) is 18.2 Å². The van der Waals surface area contributed by atoms with Crippen LogP contribution in [0.5, 0.6) is 5.75 Å². The number of rotatable bonds is 6. The number of halogens is 1. The standard InChI is InChI=1S/C19H14ClN5O3/c20-13-5-1-11(2-6-13)15-9-16(24-23-15)19-22-18(25-28-19)12-3-7-14(8-4-12)27-10-17(21)26/h1-9H,10H2,(H2,21,26)(H,23,24). The molecule has 0 saturated carbocycles. The summed E-state index contributed by atoms with van der Waals surface area (Å²) in [5.74, 6) is 0.715. The van der Waals surface area contributed by atoms with E-state index in [2.05, 4.69) is 20.3 Å². The molecule has 2 heterocycles. The van der Waals surface area contributed by atoms with Gasteiger partial charge in [0, 0.05) is 16.1 Å². The van der Waals surface area contributed by atoms with E-state index in [1.165, 1.54) is 0 Å². The highest BCUT2D eigenvalue weighted by atomic mass is 35.5. The smallest absolute Gasteiger partial charge is 0.276 e. The van der Waals surface area contributed by atoms with Crippen molar-refractivity contribution in [2.24, 2.45) is 5.73 Å². The van der Waals surface area contributed by atoms with E-state index in [0.717, 1.165) is 16.8 Å². The molecule has 0 aliphatic rings. The second-order valence-corrected chi connectivity index (χ2v) is 6.31. The summed E-state index contributed by atoms with van der Waals surface area (Å²) in [7, 11) is 0. The molecule has 8 nitrogen and oxygen atoms in total. The van der Waals surface area contributed by atoms with Crippen LogP contribution in [0, 0.1) is 0 Å². The van der Waals surface area contributed by atoms with Crippen molar-refractivity contribution in [2.45, 2.75) is 0 Å². The van der Waals surface area contributed by atoms with E-state index < -0.39 is 5.91 Å². The third kappa shape index (κ3) is 3.86. The molecule has 4 rings (SSSR count). The lowest BCUT2D eigenvalue weighted by Crippen LogP contribution is -2.19. The Morgan fingerprint density at radius 2 is 1.82 bits per heavy atom. The molecule has 0 atom stereocenters. The normalized spacial score (nSPS) is 10.8. The number of H-pyrrole nitrogens is 1. The monoisotopic (exact) mass is 395 g/mol. The summed E-state index contributed by atoms with van der Waals surface area (Å²) >= 11 is 5.91. The van der Waals surface area contributed by atoms with Crippen LogP contribution in [0.1, 0.15) is 0 Å². The molecule has 0 fully saturated rings. The van der Waals surface area contributed by atoms with Crippen molar-refractivity contribution in [1.29, 1.82) is 0 Å². The van der Waals surface area contributed by atoms with Crippen molar-refractivity contribution in [3.8, 4) is 40.0 Å². The highest BCUT2D eigenvalue weighted by Crippen LogP contribution is 2.26. The highest BCUT2D eigenvalue weighted by Gasteiger charge is 2.14. The van der Waals surface area contributed by atoms with Crippen LogP contribution >= 0.6 is 11.6 Å². The molecule has 140 valence electrons. The maximum atomic E-state index is 10.8. The topological polar surface area (TPSA) is 120 Å². The van der Waals surface area contributed by atoms with Crippen LogP contribution in [0.2, 0.25) is 5.02 Å². The number of hydrogen-bond acceptors (Lipinski definition) is 6. The number of carbonyl (C=O) groups is 1. The second kappa shape index (κ2) is 7.53. The predicted octanol–water partition coefficient (Wildman–Crippen LogP) is 3.31. The molecule has 0 aliphatic heterocycles. The molecule has 0 aliphatic carbocycles. The molecule has 0 spiro atoms. The van der Waals surface area contributed by atoms with Gasteiger partial charge in [-0.15, -0.1) is 0 Å². The van der Waals surface area contributed by atoms with E-state index >= 15 is 0 Å². The molecule has 2 aromatic carbocycles. The maximum absolute atomic E-state index is 10.8. The number of aromatic nitrogens is 4. The molecule has 3 N–H and O–H groups in total. The lowest BCUT2D eigenvalue weighted by atomic mass is 10.1. The first kappa shape index (κ1) is 17.7. The highest BCUT2D eigenvalue weighted by molar-refractivity contribution is 6.30. The SMILES string of the molecule is NC(=O)COc1ccc(-c2noc(-c3cc(-c4ccc(Cl)cc4)n[nH]3)n2)cc1. The van der Waals surface area contributed by atoms with Gasteiger partial charge in [-0.25, -0.2) is 0 Å². The molecule has 0 bridgehead atoms. The fraction of sp³-hybridized carbons (Fsp3) is 0.0526. The first-order valence-corrected chi connectivity index (χ1v) is 8.63. The summed E-state index contributed by atoms with van der Waals surface area (Å²) in [6.07, 6.45) is 0. The summed E-state index contributed by atoms with van der Waals surface area (Å²) in [4.78, 5) is 15.1. The summed E-state index contributed by atoms with van der Waals surface area (Å²) in [5.41, 5.74) is 8.04. The number of ether oxygens (including phenoxy) is 1. The Balaban J connectivity index is 1.51. The number of nitrogens with two attached hydrogens (primary N) is 1. The zero-order valence-corrected chi connectivity index (χ0v) is 15.2. The van der Waals surface area contributed by atoms with E-state index in [-0.39, 0.29) is 6.61 Å². The van der Waals surface area contributed by atoms with Crippen LogP contribution in [0.25, 0.3) is 34.2 Å². The Morgan fingerprint density at radius 3 is 2.54 bits per heavy atom. The van der Waals surface area contributed by atoms with Gasteiger partial charge in [-0.1, -0.05) is 28.9 Å². The number of aromatic amines is 1. The number of nitrogens with zero attached hydrogens (tertiary/aromatic N) is 3. The molecular weight excluding hydrogens is 382 g/mol. The summed E-state index contributed by atoms with van der Waals surface area (Å²) in [6.45, 7) is -0.179. The molecular formula is C19H14ClN5O3. The number of primary amides is 1. The first-order valence-electron chi connectivity index (χ1n) is 8.25.